The highest BCUT2D eigenvalue weighted by Gasteiger charge is 2.04. The Hall–Kier alpha value is -3.31. The van der Waals surface area contributed by atoms with E-state index in [1.807, 2.05) is 54.6 Å². The van der Waals surface area contributed by atoms with Gasteiger partial charge >= 0.3 is 5.97 Å². The van der Waals surface area contributed by atoms with Crippen molar-refractivity contribution in [1.82, 2.24) is 5.32 Å². The highest BCUT2D eigenvalue weighted by atomic mass is 35.5. The number of ether oxygens (including phenoxy) is 1. The normalized spacial score (nSPS) is 10.5. The van der Waals surface area contributed by atoms with Crippen molar-refractivity contribution in [3.63, 3.8) is 0 Å². The highest BCUT2D eigenvalue weighted by molar-refractivity contribution is 6.30. The summed E-state index contributed by atoms with van der Waals surface area (Å²) in [6, 6.07) is 23.1. The molecule has 1 amide bonds. The van der Waals surface area contributed by atoms with E-state index in [9.17, 15) is 9.59 Å². The Labute approximate surface area is 193 Å². The van der Waals surface area contributed by atoms with Crippen LogP contribution in [0.25, 0.3) is 11.1 Å². The van der Waals surface area contributed by atoms with Crippen molar-refractivity contribution in [3.05, 3.63) is 88.9 Å². The Kier molecular flexibility index (Phi) is 8.70. The van der Waals surface area contributed by atoms with E-state index in [2.05, 4.69) is 11.4 Å². The van der Waals surface area contributed by atoms with Crippen LogP contribution in [0.1, 0.15) is 30.4 Å². The third-order valence-corrected chi connectivity index (χ3v) is 5.24. The molecule has 32 heavy (non-hydrogen) atoms. The second-order valence-electron chi connectivity index (χ2n) is 7.52. The fourth-order valence-corrected chi connectivity index (χ4v) is 3.51. The van der Waals surface area contributed by atoms with Gasteiger partial charge in [-0.3, -0.25) is 4.79 Å². The molecule has 0 aliphatic heterocycles. The molecule has 0 bridgehead atoms. The summed E-state index contributed by atoms with van der Waals surface area (Å²) < 4.78 is 5.15. The summed E-state index contributed by atoms with van der Waals surface area (Å²) >= 11 is 5.99. The summed E-state index contributed by atoms with van der Waals surface area (Å²) in [5, 5.41) is 12.4. The molecule has 0 saturated carbocycles. The van der Waals surface area contributed by atoms with Crippen LogP contribution in [0.3, 0.4) is 0 Å². The molecule has 0 unspecified atom stereocenters. The Bertz CT molecular complexity index is 1030. The van der Waals surface area contributed by atoms with Crippen LogP contribution in [0, 0.1) is 0 Å². The number of benzene rings is 3. The number of carbonyl (C=O) groups excluding carboxylic acids is 1. The second kappa shape index (κ2) is 11.9. The zero-order chi connectivity index (χ0) is 22.8. The highest BCUT2D eigenvalue weighted by Crippen LogP contribution is 2.23. The van der Waals surface area contributed by atoms with Crippen LogP contribution in [0.5, 0.6) is 5.75 Å². The van der Waals surface area contributed by atoms with Gasteiger partial charge in [0.25, 0.3) is 0 Å². The van der Waals surface area contributed by atoms with Crippen LogP contribution in [0.4, 0.5) is 0 Å². The molecule has 0 fully saturated rings. The summed E-state index contributed by atoms with van der Waals surface area (Å²) in [4.78, 5) is 22.7. The zero-order valence-electron chi connectivity index (χ0n) is 17.7. The summed E-state index contributed by atoms with van der Waals surface area (Å²) in [5.74, 6) is -0.436. The Morgan fingerprint density at radius 3 is 2.22 bits per heavy atom. The molecule has 2 N–H and O–H groups in total. The van der Waals surface area contributed by atoms with Crippen molar-refractivity contribution >= 4 is 23.5 Å². The first-order valence-corrected chi connectivity index (χ1v) is 10.9. The molecule has 0 saturated heterocycles. The van der Waals surface area contributed by atoms with Gasteiger partial charge in [0, 0.05) is 18.0 Å². The first kappa shape index (κ1) is 23.4. The number of halogens is 1. The molecular formula is C26H26ClNO4. The Morgan fingerprint density at radius 1 is 0.875 bits per heavy atom. The summed E-state index contributed by atoms with van der Waals surface area (Å²) in [5.41, 5.74) is 4.26. The molecule has 166 valence electrons. The second-order valence-corrected chi connectivity index (χ2v) is 7.95. The quantitative estimate of drug-likeness (QED) is 0.377. The summed E-state index contributed by atoms with van der Waals surface area (Å²) in [7, 11) is 0. The van der Waals surface area contributed by atoms with E-state index < -0.39 is 5.97 Å². The SMILES string of the molecule is O=C(O)COc1ccc(-c2ccc(CNC(=O)CCCCc3cccc(Cl)c3)cc2)cc1. The van der Waals surface area contributed by atoms with E-state index in [1.54, 1.807) is 12.1 Å². The number of rotatable bonds is 11. The Balaban J connectivity index is 1.39. The lowest BCUT2D eigenvalue weighted by molar-refractivity contribution is -0.139. The Morgan fingerprint density at radius 2 is 1.56 bits per heavy atom. The number of hydrogen-bond acceptors (Lipinski definition) is 3. The molecule has 6 heteroatoms. The van der Waals surface area contributed by atoms with Crippen LogP contribution in [0.15, 0.2) is 72.8 Å². The third kappa shape index (κ3) is 7.75. The largest absolute Gasteiger partial charge is 0.482 e. The fourth-order valence-electron chi connectivity index (χ4n) is 3.30. The molecule has 3 aromatic rings. The van der Waals surface area contributed by atoms with Gasteiger partial charge in [0.05, 0.1) is 0 Å². The van der Waals surface area contributed by atoms with Gasteiger partial charge in [-0.15, -0.1) is 0 Å². The molecule has 0 radical (unpaired) electrons. The number of carbonyl (C=O) groups is 2. The fraction of sp³-hybridized carbons (Fsp3) is 0.231. The molecule has 0 spiro atoms. The molecule has 0 atom stereocenters. The molecule has 5 nitrogen and oxygen atoms in total. The van der Waals surface area contributed by atoms with Crippen LogP contribution in [-0.2, 0) is 22.6 Å². The summed E-state index contributed by atoms with van der Waals surface area (Å²) in [6.45, 7) is 0.136. The molecule has 0 aliphatic rings. The number of aryl methyl sites for hydroxylation is 1. The van der Waals surface area contributed by atoms with Gasteiger partial charge in [0.15, 0.2) is 6.61 Å². The summed E-state index contributed by atoms with van der Waals surface area (Å²) in [6.07, 6.45) is 3.21. The van der Waals surface area contributed by atoms with Crippen LogP contribution >= 0.6 is 11.6 Å². The molecule has 3 rings (SSSR count). The lowest BCUT2D eigenvalue weighted by Gasteiger charge is -2.08. The van der Waals surface area contributed by atoms with E-state index >= 15 is 0 Å². The zero-order valence-corrected chi connectivity index (χ0v) is 18.5. The average molecular weight is 452 g/mol. The van der Waals surface area contributed by atoms with E-state index in [0.29, 0.717) is 18.7 Å². The van der Waals surface area contributed by atoms with Crippen molar-refractivity contribution in [2.24, 2.45) is 0 Å². The van der Waals surface area contributed by atoms with Gasteiger partial charge in [-0.1, -0.05) is 60.1 Å². The third-order valence-electron chi connectivity index (χ3n) is 5.00. The average Bonchev–Trinajstić information content (AvgIpc) is 2.80. The van der Waals surface area contributed by atoms with Crippen molar-refractivity contribution in [2.45, 2.75) is 32.2 Å². The van der Waals surface area contributed by atoms with Crippen molar-refractivity contribution in [1.29, 1.82) is 0 Å². The molecule has 0 aromatic heterocycles. The maximum Gasteiger partial charge on any atom is 0.341 e. The van der Waals surface area contributed by atoms with Crippen LogP contribution < -0.4 is 10.1 Å². The van der Waals surface area contributed by atoms with Crippen LogP contribution in [0.2, 0.25) is 5.02 Å². The lowest BCUT2D eigenvalue weighted by atomic mass is 10.0. The van der Waals surface area contributed by atoms with E-state index in [-0.39, 0.29) is 12.5 Å². The maximum atomic E-state index is 12.1. The van der Waals surface area contributed by atoms with E-state index in [0.717, 1.165) is 41.0 Å². The van der Waals surface area contributed by atoms with Crippen LogP contribution in [-0.4, -0.2) is 23.6 Å². The molecule has 0 heterocycles. The van der Waals surface area contributed by atoms with Gasteiger partial charge in [-0.2, -0.15) is 0 Å². The molecule has 0 aliphatic carbocycles. The number of aliphatic carboxylic acids is 1. The number of nitrogens with one attached hydrogen (secondary N) is 1. The number of carboxylic acid groups (broad SMARTS) is 1. The maximum absolute atomic E-state index is 12.1. The smallest absolute Gasteiger partial charge is 0.341 e. The van der Waals surface area contributed by atoms with Gasteiger partial charge in [-0.05, 0) is 65.8 Å². The number of hydrogen-bond donors (Lipinski definition) is 2. The standard InChI is InChI=1S/C26H26ClNO4/c27-23-6-3-5-19(16-23)4-1-2-7-25(29)28-17-20-8-10-21(11-9-20)22-12-14-24(15-13-22)32-18-26(30)31/h3,5-6,8-16H,1-2,4,7,17-18H2,(H,28,29)(H,30,31). The van der Waals surface area contributed by atoms with Gasteiger partial charge in [-0.25, -0.2) is 4.79 Å². The van der Waals surface area contributed by atoms with Gasteiger partial charge in [0.1, 0.15) is 5.75 Å². The topological polar surface area (TPSA) is 75.6 Å². The lowest BCUT2D eigenvalue weighted by Crippen LogP contribution is -2.22. The van der Waals surface area contributed by atoms with E-state index in [4.69, 9.17) is 21.4 Å². The van der Waals surface area contributed by atoms with Crippen molar-refractivity contribution in [3.8, 4) is 16.9 Å². The minimum atomic E-state index is -1.01. The minimum absolute atomic E-state index is 0.0529. The molecule has 3 aromatic carbocycles. The van der Waals surface area contributed by atoms with Gasteiger partial charge in [0.2, 0.25) is 5.91 Å². The van der Waals surface area contributed by atoms with Crippen molar-refractivity contribution < 1.29 is 19.4 Å². The number of unbranched alkanes of at least 4 members (excludes halogenated alkanes) is 1. The monoisotopic (exact) mass is 451 g/mol. The minimum Gasteiger partial charge on any atom is -0.482 e. The molecular weight excluding hydrogens is 426 g/mol. The first-order valence-electron chi connectivity index (χ1n) is 10.5. The van der Waals surface area contributed by atoms with Gasteiger partial charge < -0.3 is 15.2 Å². The predicted molar refractivity (Wildman–Crippen MR) is 126 cm³/mol. The predicted octanol–water partition coefficient (Wildman–Crippen LogP) is 5.50. The number of amides is 1. The van der Waals surface area contributed by atoms with Crippen molar-refractivity contribution in [2.75, 3.05) is 6.61 Å². The van der Waals surface area contributed by atoms with E-state index in [1.165, 1.54) is 5.56 Å². The number of carboxylic acids is 1. The first-order chi connectivity index (χ1) is 15.5.